The maximum absolute atomic E-state index is 13.1. The van der Waals surface area contributed by atoms with Gasteiger partial charge < -0.3 is 4.90 Å². The fourth-order valence-electron chi connectivity index (χ4n) is 5.22. The Hall–Kier alpha value is -3.44. The minimum Gasteiger partial charge on any atom is -0.371 e. The molecule has 5 heteroatoms. The van der Waals surface area contributed by atoms with Gasteiger partial charge in [-0.25, -0.2) is 0 Å². The van der Waals surface area contributed by atoms with Crippen molar-refractivity contribution < 1.29 is 9.59 Å². The highest BCUT2D eigenvalue weighted by Crippen LogP contribution is 2.44. The number of aryl methyl sites for hydroxylation is 2. The van der Waals surface area contributed by atoms with Crippen molar-refractivity contribution >= 4 is 17.3 Å². The molecule has 2 aliphatic heterocycles. The van der Waals surface area contributed by atoms with Gasteiger partial charge in [-0.2, -0.15) is 10.5 Å². The standard InChI is InChI=1S/C24H19N3O2/c25-13-24(14-26,20-22(28)18-7-1-2-8-19(18)23(20)29)17-11-15-5-3-9-27-10-4-6-16(12-17)21(15)27/h1-2,7-8,11-12,20H,3-6,9-10H2. The molecule has 3 aliphatic rings. The summed E-state index contributed by atoms with van der Waals surface area (Å²) >= 11 is 0. The summed E-state index contributed by atoms with van der Waals surface area (Å²) in [5, 5.41) is 20.3. The number of fused-ring (bicyclic) bond motifs is 1. The van der Waals surface area contributed by atoms with Crippen molar-refractivity contribution in [2.45, 2.75) is 31.1 Å². The predicted octanol–water partition coefficient (Wildman–Crippen LogP) is 3.37. The second-order valence-corrected chi connectivity index (χ2v) is 8.08. The molecule has 2 aromatic carbocycles. The van der Waals surface area contributed by atoms with Gasteiger partial charge in [0, 0.05) is 29.9 Å². The van der Waals surface area contributed by atoms with E-state index in [1.807, 2.05) is 12.1 Å². The maximum atomic E-state index is 13.1. The van der Waals surface area contributed by atoms with Crippen molar-refractivity contribution in [3.63, 3.8) is 0 Å². The Morgan fingerprint density at radius 3 is 1.90 bits per heavy atom. The molecular formula is C24H19N3O2. The first-order chi connectivity index (χ1) is 14.1. The Kier molecular flexibility index (Phi) is 3.83. The Labute approximate surface area is 169 Å². The van der Waals surface area contributed by atoms with Crippen molar-refractivity contribution in [3.05, 3.63) is 64.2 Å². The number of anilines is 1. The van der Waals surface area contributed by atoms with Gasteiger partial charge in [-0.15, -0.1) is 0 Å². The van der Waals surface area contributed by atoms with Gasteiger partial charge >= 0.3 is 0 Å². The summed E-state index contributed by atoms with van der Waals surface area (Å²) in [5.41, 5.74) is 2.74. The van der Waals surface area contributed by atoms with Crippen LogP contribution in [0, 0.1) is 28.6 Å². The summed E-state index contributed by atoms with van der Waals surface area (Å²) in [7, 11) is 0. The van der Waals surface area contributed by atoms with E-state index in [-0.39, 0.29) is 0 Å². The zero-order chi connectivity index (χ0) is 20.2. The SMILES string of the molecule is N#CC(C#N)(c1cc2c3c(c1)CCCN3CCC2)C1C(=O)c2ccccc2C1=O. The number of carbonyl (C=O) groups is 2. The zero-order valence-corrected chi connectivity index (χ0v) is 15.9. The van der Waals surface area contributed by atoms with Crippen LogP contribution in [0.25, 0.3) is 0 Å². The fourth-order valence-corrected chi connectivity index (χ4v) is 5.22. The Bertz CT molecular complexity index is 1070. The molecule has 5 rings (SSSR count). The molecule has 5 nitrogen and oxygen atoms in total. The summed E-state index contributed by atoms with van der Waals surface area (Å²) in [4.78, 5) is 28.6. The molecule has 0 aromatic heterocycles. The van der Waals surface area contributed by atoms with E-state index in [1.54, 1.807) is 24.3 Å². The van der Waals surface area contributed by atoms with Gasteiger partial charge in [0.1, 0.15) is 5.92 Å². The average molecular weight is 381 g/mol. The Morgan fingerprint density at radius 1 is 0.897 bits per heavy atom. The monoisotopic (exact) mass is 381 g/mol. The van der Waals surface area contributed by atoms with Crippen LogP contribution in [0.3, 0.4) is 0 Å². The molecule has 0 bridgehead atoms. The lowest BCUT2D eigenvalue weighted by Gasteiger charge is -2.38. The van der Waals surface area contributed by atoms with E-state index in [9.17, 15) is 20.1 Å². The first kappa shape index (κ1) is 17.6. The van der Waals surface area contributed by atoms with Gasteiger partial charge in [-0.3, -0.25) is 9.59 Å². The van der Waals surface area contributed by atoms with Gasteiger partial charge in [0.15, 0.2) is 17.0 Å². The van der Waals surface area contributed by atoms with Crippen LogP contribution >= 0.6 is 0 Å². The van der Waals surface area contributed by atoms with E-state index >= 15 is 0 Å². The molecule has 0 radical (unpaired) electrons. The summed E-state index contributed by atoms with van der Waals surface area (Å²) < 4.78 is 0. The third-order valence-corrected chi connectivity index (χ3v) is 6.56. The topological polar surface area (TPSA) is 85.0 Å². The van der Waals surface area contributed by atoms with Crippen LogP contribution in [0.2, 0.25) is 0 Å². The largest absolute Gasteiger partial charge is 0.371 e. The minimum atomic E-state index is -1.82. The van der Waals surface area contributed by atoms with Crippen LogP contribution in [0.1, 0.15) is 50.2 Å². The number of ketones is 2. The quantitative estimate of drug-likeness (QED) is 0.745. The molecular weight excluding hydrogens is 362 g/mol. The number of nitrogens with zero attached hydrogens (tertiary/aromatic N) is 3. The molecule has 0 amide bonds. The van der Waals surface area contributed by atoms with Crippen LogP contribution in [0.4, 0.5) is 5.69 Å². The second kappa shape index (κ2) is 6.29. The Balaban J connectivity index is 1.70. The smallest absolute Gasteiger partial charge is 0.185 e. The molecule has 0 atom stereocenters. The normalized spacial score (nSPS) is 18.1. The van der Waals surface area contributed by atoms with Crippen LogP contribution in [0.5, 0.6) is 0 Å². The third-order valence-electron chi connectivity index (χ3n) is 6.56. The maximum Gasteiger partial charge on any atom is 0.185 e. The Morgan fingerprint density at radius 2 is 1.41 bits per heavy atom. The molecule has 0 N–H and O–H groups in total. The molecule has 0 unspecified atom stereocenters. The van der Waals surface area contributed by atoms with E-state index in [1.165, 1.54) is 5.69 Å². The van der Waals surface area contributed by atoms with Crippen LogP contribution in [-0.2, 0) is 18.3 Å². The van der Waals surface area contributed by atoms with Gasteiger partial charge in [0.25, 0.3) is 0 Å². The summed E-state index contributed by atoms with van der Waals surface area (Å²) in [6.45, 7) is 2.05. The van der Waals surface area contributed by atoms with E-state index in [2.05, 4.69) is 17.0 Å². The number of hydrogen-bond donors (Lipinski definition) is 0. The number of Topliss-reactive ketones (excluding diaryl/α,β-unsaturated/α-hetero) is 2. The van der Waals surface area contributed by atoms with Crippen molar-refractivity contribution in [1.82, 2.24) is 0 Å². The van der Waals surface area contributed by atoms with E-state index in [0.29, 0.717) is 16.7 Å². The fraction of sp³-hybridized carbons (Fsp3) is 0.333. The highest BCUT2D eigenvalue weighted by Gasteiger charge is 2.54. The zero-order valence-electron chi connectivity index (χ0n) is 15.9. The van der Waals surface area contributed by atoms with Crippen molar-refractivity contribution in [2.75, 3.05) is 18.0 Å². The molecule has 1 aliphatic carbocycles. The molecule has 0 spiro atoms. The molecule has 2 heterocycles. The average Bonchev–Trinajstić information content (AvgIpc) is 3.02. The van der Waals surface area contributed by atoms with E-state index in [0.717, 1.165) is 49.9 Å². The lowest BCUT2D eigenvalue weighted by atomic mass is 9.69. The van der Waals surface area contributed by atoms with Crippen molar-refractivity contribution in [3.8, 4) is 12.1 Å². The molecule has 29 heavy (non-hydrogen) atoms. The third kappa shape index (κ3) is 2.31. The number of benzene rings is 2. The lowest BCUT2D eigenvalue weighted by molar-refractivity contribution is 0.0807. The van der Waals surface area contributed by atoms with Gasteiger partial charge in [-0.1, -0.05) is 36.4 Å². The molecule has 0 saturated heterocycles. The lowest BCUT2D eigenvalue weighted by Crippen LogP contribution is -2.40. The molecule has 0 saturated carbocycles. The van der Waals surface area contributed by atoms with Gasteiger partial charge in [0.2, 0.25) is 0 Å². The number of nitriles is 2. The van der Waals surface area contributed by atoms with E-state index in [4.69, 9.17) is 0 Å². The van der Waals surface area contributed by atoms with Crippen LogP contribution in [0.15, 0.2) is 36.4 Å². The van der Waals surface area contributed by atoms with Gasteiger partial charge in [-0.05, 0) is 42.4 Å². The summed E-state index contributed by atoms with van der Waals surface area (Å²) in [5.74, 6) is -2.17. The molecule has 2 aromatic rings. The number of rotatable bonds is 2. The highest BCUT2D eigenvalue weighted by atomic mass is 16.2. The first-order valence-corrected chi connectivity index (χ1v) is 10.0. The van der Waals surface area contributed by atoms with Gasteiger partial charge in [0.05, 0.1) is 12.1 Å². The molecule has 0 fully saturated rings. The summed E-state index contributed by atoms with van der Waals surface area (Å²) in [6, 6.07) is 14.6. The number of hydrogen-bond acceptors (Lipinski definition) is 5. The number of carbonyl (C=O) groups excluding carboxylic acids is 2. The summed E-state index contributed by atoms with van der Waals surface area (Å²) in [6.07, 6.45) is 3.81. The minimum absolute atomic E-state index is 0.308. The van der Waals surface area contributed by atoms with Crippen LogP contribution < -0.4 is 4.90 Å². The predicted molar refractivity (Wildman–Crippen MR) is 107 cm³/mol. The molecule has 142 valence electrons. The second-order valence-electron chi connectivity index (χ2n) is 8.08. The van der Waals surface area contributed by atoms with Crippen molar-refractivity contribution in [2.24, 2.45) is 5.92 Å². The van der Waals surface area contributed by atoms with Crippen molar-refractivity contribution in [1.29, 1.82) is 10.5 Å². The first-order valence-electron chi connectivity index (χ1n) is 10.0. The van der Waals surface area contributed by atoms with E-state index < -0.39 is 22.9 Å². The highest BCUT2D eigenvalue weighted by molar-refractivity contribution is 6.27. The van der Waals surface area contributed by atoms with Crippen LogP contribution in [-0.4, -0.2) is 24.7 Å².